The molecule has 98 valence electrons. The summed E-state index contributed by atoms with van der Waals surface area (Å²) in [6, 6.07) is 13.1. The van der Waals surface area contributed by atoms with Crippen LogP contribution in [-0.2, 0) is 9.59 Å². The number of benzene rings is 2. The van der Waals surface area contributed by atoms with E-state index in [1.54, 1.807) is 6.07 Å². The molecule has 2 amide bonds. The van der Waals surface area contributed by atoms with Gasteiger partial charge in [0.2, 0.25) is 0 Å². The Morgan fingerprint density at radius 1 is 1.05 bits per heavy atom. The van der Waals surface area contributed by atoms with Gasteiger partial charge < -0.3 is 0 Å². The Hall–Kier alpha value is -2.40. The molecule has 1 aliphatic rings. The predicted molar refractivity (Wildman–Crippen MR) is 78.1 cm³/mol. The van der Waals surface area contributed by atoms with E-state index in [9.17, 15) is 14.4 Å². The zero-order chi connectivity index (χ0) is 14.1. The van der Waals surface area contributed by atoms with Gasteiger partial charge in [0.25, 0.3) is 11.1 Å². The van der Waals surface area contributed by atoms with Gasteiger partial charge in [0.05, 0.1) is 4.91 Å². The van der Waals surface area contributed by atoms with Crippen molar-refractivity contribution in [3.63, 3.8) is 0 Å². The number of rotatable bonds is 2. The molecule has 2 aromatic carbocycles. The monoisotopic (exact) mass is 283 g/mol. The Kier molecular flexibility index (Phi) is 3.12. The molecule has 5 heteroatoms. The summed E-state index contributed by atoms with van der Waals surface area (Å²) in [4.78, 5) is 34.6. The lowest BCUT2D eigenvalue weighted by Crippen LogP contribution is -2.18. The first kappa shape index (κ1) is 12.6. The topological polar surface area (TPSA) is 63.2 Å². The van der Waals surface area contributed by atoms with E-state index in [1.165, 1.54) is 0 Å². The maximum atomic E-state index is 11.7. The van der Waals surface area contributed by atoms with Crippen molar-refractivity contribution in [1.29, 1.82) is 0 Å². The molecule has 0 radical (unpaired) electrons. The fraction of sp³-hybridized carbons (Fsp3) is 0. The van der Waals surface area contributed by atoms with Gasteiger partial charge in [-0.15, -0.1) is 0 Å². The van der Waals surface area contributed by atoms with E-state index in [4.69, 9.17) is 0 Å². The number of thioether (sulfide) groups is 1. The summed E-state index contributed by atoms with van der Waals surface area (Å²) in [7, 11) is 0. The molecule has 1 N–H and O–H groups in total. The Morgan fingerprint density at radius 2 is 1.80 bits per heavy atom. The standard InChI is InChI=1S/C15H9NO3S/c17-8-12(13-14(18)16-15(19)20-13)11-7-3-5-9-4-1-2-6-10(9)11/h1-8H,(H,16,18,19)/b13-12+. The molecular formula is C15H9NO3S. The minimum absolute atomic E-state index is 0.154. The van der Waals surface area contributed by atoms with Gasteiger partial charge in [-0.2, -0.15) is 0 Å². The molecule has 0 aliphatic carbocycles. The summed E-state index contributed by atoms with van der Waals surface area (Å²) < 4.78 is 0. The van der Waals surface area contributed by atoms with Gasteiger partial charge in [-0.25, -0.2) is 0 Å². The molecule has 1 saturated heterocycles. The molecule has 3 rings (SSSR count). The molecule has 0 atom stereocenters. The van der Waals surface area contributed by atoms with Crippen molar-refractivity contribution in [2.75, 3.05) is 0 Å². The van der Waals surface area contributed by atoms with Crippen LogP contribution in [0.15, 0.2) is 47.4 Å². The van der Waals surface area contributed by atoms with E-state index < -0.39 is 11.1 Å². The normalized spacial score (nSPS) is 17.2. The third-order valence-electron chi connectivity index (χ3n) is 3.06. The number of nitrogens with one attached hydrogen (secondary N) is 1. The third-order valence-corrected chi connectivity index (χ3v) is 3.96. The molecule has 1 fully saturated rings. The van der Waals surface area contributed by atoms with Gasteiger partial charge in [0.15, 0.2) is 6.29 Å². The molecular weight excluding hydrogens is 274 g/mol. The molecule has 0 aromatic heterocycles. The van der Waals surface area contributed by atoms with Crippen LogP contribution in [0, 0.1) is 0 Å². The van der Waals surface area contributed by atoms with Crippen LogP contribution < -0.4 is 5.32 Å². The van der Waals surface area contributed by atoms with Crippen LogP contribution in [0.25, 0.3) is 16.3 Å². The van der Waals surface area contributed by atoms with Crippen LogP contribution in [0.4, 0.5) is 4.79 Å². The van der Waals surface area contributed by atoms with Gasteiger partial charge in [-0.05, 0) is 28.1 Å². The first-order valence-electron chi connectivity index (χ1n) is 5.91. The van der Waals surface area contributed by atoms with E-state index >= 15 is 0 Å². The van der Waals surface area contributed by atoms with E-state index in [2.05, 4.69) is 5.32 Å². The Morgan fingerprint density at radius 3 is 2.50 bits per heavy atom. The minimum Gasteiger partial charge on any atom is -0.298 e. The van der Waals surface area contributed by atoms with Gasteiger partial charge in [0.1, 0.15) is 0 Å². The van der Waals surface area contributed by atoms with Gasteiger partial charge in [-0.3, -0.25) is 19.7 Å². The highest BCUT2D eigenvalue weighted by atomic mass is 32.2. The molecule has 4 nitrogen and oxygen atoms in total. The molecule has 0 spiro atoms. The second-order valence-electron chi connectivity index (χ2n) is 4.23. The van der Waals surface area contributed by atoms with Crippen LogP contribution in [0.2, 0.25) is 0 Å². The number of allylic oxidation sites excluding steroid dienone is 1. The number of carbonyl (C=O) groups excluding carboxylic acids is 3. The first-order chi connectivity index (χ1) is 9.70. The second kappa shape index (κ2) is 4.94. The van der Waals surface area contributed by atoms with Crippen molar-refractivity contribution < 1.29 is 14.4 Å². The summed E-state index contributed by atoms with van der Waals surface area (Å²) in [6.45, 7) is 0. The highest BCUT2D eigenvalue weighted by molar-refractivity contribution is 8.18. The molecule has 0 bridgehead atoms. The average molecular weight is 283 g/mol. The van der Waals surface area contributed by atoms with Crippen LogP contribution in [-0.4, -0.2) is 17.4 Å². The number of hydrogen-bond acceptors (Lipinski definition) is 4. The van der Waals surface area contributed by atoms with Crippen LogP contribution >= 0.6 is 11.8 Å². The lowest BCUT2D eigenvalue weighted by atomic mass is 9.98. The third kappa shape index (κ3) is 2.02. The smallest absolute Gasteiger partial charge is 0.290 e. The molecule has 0 unspecified atom stereocenters. The quantitative estimate of drug-likeness (QED) is 0.680. The minimum atomic E-state index is -0.518. The van der Waals surface area contributed by atoms with Crippen molar-refractivity contribution in [2.45, 2.75) is 0 Å². The number of aldehydes is 1. The van der Waals surface area contributed by atoms with Crippen molar-refractivity contribution in [3.05, 3.63) is 52.9 Å². The zero-order valence-electron chi connectivity index (χ0n) is 10.3. The number of amides is 2. The number of carbonyl (C=O) groups is 3. The summed E-state index contributed by atoms with van der Waals surface area (Å²) >= 11 is 0.759. The van der Waals surface area contributed by atoms with Gasteiger partial charge in [0, 0.05) is 5.57 Å². The summed E-state index contributed by atoms with van der Waals surface area (Å²) in [5.41, 5.74) is 0.903. The van der Waals surface area contributed by atoms with E-state index in [0.717, 1.165) is 22.5 Å². The first-order valence-corrected chi connectivity index (χ1v) is 6.73. The van der Waals surface area contributed by atoms with Crippen LogP contribution in [0.5, 0.6) is 0 Å². The summed E-state index contributed by atoms with van der Waals surface area (Å²) in [5.74, 6) is -0.518. The summed E-state index contributed by atoms with van der Waals surface area (Å²) in [5, 5.41) is 3.56. The fourth-order valence-corrected chi connectivity index (χ4v) is 2.93. The van der Waals surface area contributed by atoms with E-state index in [0.29, 0.717) is 11.8 Å². The predicted octanol–water partition coefficient (Wildman–Crippen LogP) is 2.73. The maximum Gasteiger partial charge on any atom is 0.290 e. The molecule has 2 aromatic rings. The van der Waals surface area contributed by atoms with Crippen molar-refractivity contribution in [2.24, 2.45) is 0 Å². The molecule has 20 heavy (non-hydrogen) atoms. The second-order valence-corrected chi connectivity index (χ2v) is 5.21. The Bertz CT molecular complexity index is 774. The number of imide groups is 1. The lowest BCUT2D eigenvalue weighted by molar-refractivity contribution is -0.115. The van der Waals surface area contributed by atoms with E-state index in [-0.39, 0.29) is 10.5 Å². The van der Waals surface area contributed by atoms with Crippen molar-refractivity contribution in [3.8, 4) is 0 Å². The SMILES string of the molecule is O=C/C(=C1\SC(=O)NC1=O)c1cccc2ccccc12. The average Bonchev–Trinajstić information content (AvgIpc) is 2.79. The number of fused-ring (bicyclic) bond motifs is 1. The van der Waals surface area contributed by atoms with Gasteiger partial charge >= 0.3 is 0 Å². The highest BCUT2D eigenvalue weighted by Gasteiger charge is 2.29. The van der Waals surface area contributed by atoms with Crippen LogP contribution in [0.3, 0.4) is 0 Å². The Labute approximate surface area is 118 Å². The number of hydrogen-bond donors (Lipinski definition) is 1. The highest BCUT2D eigenvalue weighted by Crippen LogP contribution is 2.33. The van der Waals surface area contributed by atoms with Crippen LogP contribution in [0.1, 0.15) is 5.56 Å². The Balaban J connectivity index is 2.28. The largest absolute Gasteiger partial charge is 0.298 e. The molecule has 1 heterocycles. The zero-order valence-corrected chi connectivity index (χ0v) is 11.1. The molecule has 0 saturated carbocycles. The van der Waals surface area contributed by atoms with E-state index in [1.807, 2.05) is 36.4 Å². The van der Waals surface area contributed by atoms with Crippen molar-refractivity contribution in [1.82, 2.24) is 5.32 Å². The fourth-order valence-electron chi connectivity index (χ4n) is 2.19. The van der Waals surface area contributed by atoms with Crippen molar-refractivity contribution >= 4 is 45.5 Å². The molecule has 1 aliphatic heterocycles. The van der Waals surface area contributed by atoms with Gasteiger partial charge in [-0.1, -0.05) is 42.5 Å². The lowest BCUT2D eigenvalue weighted by Gasteiger charge is -2.07. The summed E-state index contributed by atoms with van der Waals surface area (Å²) in [6.07, 6.45) is 0.627. The maximum absolute atomic E-state index is 11.7.